The van der Waals surface area contributed by atoms with Crippen LogP contribution >= 0.6 is 11.6 Å². The number of halogens is 1. The Morgan fingerprint density at radius 2 is 2.15 bits per heavy atom. The lowest BCUT2D eigenvalue weighted by Gasteiger charge is -2.23. The molecule has 0 aromatic carbocycles. The molecule has 1 fully saturated rings. The predicted molar refractivity (Wildman–Crippen MR) is 96.4 cm³/mol. The smallest absolute Gasteiger partial charge is 0.410 e. The second-order valence-corrected chi connectivity index (χ2v) is 6.53. The van der Waals surface area contributed by atoms with Crippen molar-refractivity contribution in [3.63, 3.8) is 0 Å². The number of allylic oxidation sites excluding steroid dienone is 2. The highest BCUT2D eigenvalue weighted by Crippen LogP contribution is 2.20. The number of carbonyl (C=O) groups is 2. The van der Waals surface area contributed by atoms with Gasteiger partial charge in [-0.1, -0.05) is 29.8 Å². The first-order chi connectivity index (χ1) is 12.6. The SMILES string of the molecule is O=C(NCc1nccnc1Cl)C1CCCN1C(=O)OCC1=CCCC=C1. The first-order valence-corrected chi connectivity index (χ1v) is 9.05. The van der Waals surface area contributed by atoms with E-state index in [2.05, 4.69) is 27.4 Å². The van der Waals surface area contributed by atoms with Crippen LogP contribution in [0.2, 0.25) is 5.15 Å². The van der Waals surface area contributed by atoms with Crippen molar-refractivity contribution >= 4 is 23.6 Å². The molecule has 1 atom stereocenters. The van der Waals surface area contributed by atoms with Gasteiger partial charge in [-0.05, 0) is 31.3 Å². The van der Waals surface area contributed by atoms with Crippen LogP contribution in [0, 0.1) is 0 Å². The summed E-state index contributed by atoms with van der Waals surface area (Å²) in [5.41, 5.74) is 1.48. The van der Waals surface area contributed by atoms with E-state index in [4.69, 9.17) is 16.3 Å². The first kappa shape index (κ1) is 18.4. The number of ether oxygens (including phenoxy) is 1. The van der Waals surface area contributed by atoms with Gasteiger partial charge < -0.3 is 10.1 Å². The Kier molecular flexibility index (Phi) is 6.22. The zero-order chi connectivity index (χ0) is 18.4. The van der Waals surface area contributed by atoms with Crippen LogP contribution in [-0.2, 0) is 16.1 Å². The Hall–Kier alpha value is -2.41. The second kappa shape index (κ2) is 8.80. The van der Waals surface area contributed by atoms with E-state index in [1.165, 1.54) is 17.3 Å². The Morgan fingerprint density at radius 1 is 1.31 bits per heavy atom. The lowest BCUT2D eigenvalue weighted by Crippen LogP contribution is -2.46. The minimum Gasteiger partial charge on any atom is -0.445 e. The van der Waals surface area contributed by atoms with E-state index in [-0.39, 0.29) is 24.2 Å². The monoisotopic (exact) mass is 376 g/mol. The van der Waals surface area contributed by atoms with Crippen molar-refractivity contribution in [2.45, 2.75) is 38.3 Å². The summed E-state index contributed by atoms with van der Waals surface area (Å²) in [6.45, 7) is 0.912. The fraction of sp³-hybridized carbons (Fsp3) is 0.444. The van der Waals surface area contributed by atoms with Gasteiger partial charge in [0.05, 0.1) is 12.2 Å². The summed E-state index contributed by atoms with van der Waals surface area (Å²) in [6, 6.07) is -0.533. The minimum absolute atomic E-state index is 0.169. The average molecular weight is 377 g/mol. The zero-order valence-corrected chi connectivity index (χ0v) is 15.1. The van der Waals surface area contributed by atoms with Crippen LogP contribution in [0.5, 0.6) is 0 Å². The van der Waals surface area contributed by atoms with Crippen LogP contribution in [0.25, 0.3) is 0 Å². The quantitative estimate of drug-likeness (QED) is 0.853. The largest absolute Gasteiger partial charge is 0.445 e. The summed E-state index contributed by atoms with van der Waals surface area (Å²) >= 11 is 5.94. The van der Waals surface area contributed by atoms with Crippen LogP contribution in [0.15, 0.2) is 36.2 Å². The fourth-order valence-electron chi connectivity index (χ4n) is 3.02. The standard InChI is InChI=1S/C18H21ClN4O3/c19-16-14(20-8-9-21-16)11-22-17(24)15-7-4-10-23(15)18(25)26-12-13-5-2-1-3-6-13/h2,5-6,8-9,15H,1,3-4,7,10-12H2,(H,22,24). The van der Waals surface area contributed by atoms with Crippen LogP contribution < -0.4 is 5.32 Å². The zero-order valence-electron chi connectivity index (χ0n) is 14.4. The van der Waals surface area contributed by atoms with Crippen molar-refractivity contribution in [2.24, 2.45) is 0 Å². The molecule has 2 aliphatic rings. The van der Waals surface area contributed by atoms with Crippen LogP contribution in [-0.4, -0.2) is 46.1 Å². The van der Waals surface area contributed by atoms with Gasteiger partial charge in [0.1, 0.15) is 12.6 Å². The number of hydrogen-bond acceptors (Lipinski definition) is 5. The molecule has 0 radical (unpaired) electrons. The van der Waals surface area contributed by atoms with Crippen molar-refractivity contribution in [3.05, 3.63) is 47.0 Å². The van der Waals surface area contributed by atoms with Gasteiger partial charge in [-0.15, -0.1) is 0 Å². The highest BCUT2D eigenvalue weighted by atomic mass is 35.5. The maximum absolute atomic E-state index is 12.5. The molecule has 1 aliphatic carbocycles. The molecule has 1 aliphatic heterocycles. The molecule has 1 aromatic rings. The number of nitrogens with one attached hydrogen (secondary N) is 1. The van der Waals surface area contributed by atoms with Gasteiger partial charge in [0, 0.05) is 18.9 Å². The van der Waals surface area contributed by atoms with E-state index in [1.54, 1.807) is 0 Å². The molecule has 0 saturated carbocycles. The van der Waals surface area contributed by atoms with E-state index in [0.29, 0.717) is 18.7 Å². The van der Waals surface area contributed by atoms with Crippen LogP contribution in [0.3, 0.4) is 0 Å². The van der Waals surface area contributed by atoms with Gasteiger partial charge in [0.25, 0.3) is 0 Å². The number of amides is 2. The lowest BCUT2D eigenvalue weighted by atomic mass is 10.1. The molecule has 0 bridgehead atoms. The maximum atomic E-state index is 12.5. The van der Waals surface area contributed by atoms with E-state index in [9.17, 15) is 9.59 Å². The third kappa shape index (κ3) is 4.60. The summed E-state index contributed by atoms with van der Waals surface area (Å²) in [6.07, 6.45) is 12.0. The number of rotatable bonds is 5. The predicted octanol–water partition coefficient (Wildman–Crippen LogP) is 2.62. The highest BCUT2D eigenvalue weighted by Gasteiger charge is 2.35. The number of hydrogen-bond donors (Lipinski definition) is 1. The average Bonchev–Trinajstić information content (AvgIpc) is 3.16. The minimum atomic E-state index is -0.533. The molecule has 1 N–H and O–H groups in total. The lowest BCUT2D eigenvalue weighted by molar-refractivity contribution is -0.125. The van der Waals surface area contributed by atoms with Crippen LogP contribution in [0.4, 0.5) is 4.79 Å². The normalized spacial score (nSPS) is 19.2. The molecule has 2 amide bonds. The third-order valence-corrected chi connectivity index (χ3v) is 4.69. The van der Waals surface area contributed by atoms with Gasteiger partial charge in [-0.25, -0.2) is 9.78 Å². The van der Waals surface area contributed by atoms with Gasteiger partial charge in [0.15, 0.2) is 5.15 Å². The van der Waals surface area contributed by atoms with E-state index in [0.717, 1.165) is 24.8 Å². The van der Waals surface area contributed by atoms with Crippen molar-refractivity contribution in [2.75, 3.05) is 13.2 Å². The molecule has 0 spiro atoms. The molecule has 3 rings (SSSR count). The molecule has 1 saturated heterocycles. The molecule has 2 heterocycles. The molecule has 1 aromatic heterocycles. The summed E-state index contributed by atoms with van der Waals surface area (Å²) in [7, 11) is 0. The van der Waals surface area contributed by atoms with Crippen molar-refractivity contribution < 1.29 is 14.3 Å². The first-order valence-electron chi connectivity index (χ1n) is 8.67. The van der Waals surface area contributed by atoms with Gasteiger partial charge >= 0.3 is 6.09 Å². The summed E-state index contributed by atoms with van der Waals surface area (Å²) in [5, 5.41) is 3.03. The molecule has 8 heteroatoms. The summed E-state index contributed by atoms with van der Waals surface area (Å²) < 4.78 is 5.37. The fourth-order valence-corrected chi connectivity index (χ4v) is 3.19. The maximum Gasteiger partial charge on any atom is 0.410 e. The summed E-state index contributed by atoms with van der Waals surface area (Å²) in [4.78, 5) is 34.3. The molecule has 7 nitrogen and oxygen atoms in total. The Labute approximate surface area is 157 Å². The number of likely N-dealkylation sites (tertiary alicyclic amines) is 1. The topological polar surface area (TPSA) is 84.4 Å². The Balaban J connectivity index is 1.52. The van der Waals surface area contributed by atoms with E-state index in [1.807, 2.05) is 6.08 Å². The molecule has 138 valence electrons. The molecular formula is C18H21ClN4O3. The Morgan fingerprint density at radius 3 is 2.92 bits per heavy atom. The van der Waals surface area contributed by atoms with Gasteiger partial charge in [-0.3, -0.25) is 14.7 Å². The van der Waals surface area contributed by atoms with Crippen molar-refractivity contribution in [1.82, 2.24) is 20.2 Å². The second-order valence-electron chi connectivity index (χ2n) is 6.18. The van der Waals surface area contributed by atoms with Crippen molar-refractivity contribution in [1.29, 1.82) is 0 Å². The van der Waals surface area contributed by atoms with Gasteiger partial charge in [-0.2, -0.15) is 0 Å². The van der Waals surface area contributed by atoms with Crippen LogP contribution in [0.1, 0.15) is 31.4 Å². The third-order valence-electron chi connectivity index (χ3n) is 4.38. The number of carbonyl (C=O) groups excluding carboxylic acids is 2. The van der Waals surface area contributed by atoms with Crippen molar-refractivity contribution in [3.8, 4) is 0 Å². The number of nitrogens with zero attached hydrogens (tertiary/aromatic N) is 3. The molecule has 1 unspecified atom stereocenters. The number of aromatic nitrogens is 2. The van der Waals surface area contributed by atoms with E-state index >= 15 is 0 Å². The van der Waals surface area contributed by atoms with Gasteiger partial charge in [0.2, 0.25) is 5.91 Å². The highest BCUT2D eigenvalue weighted by molar-refractivity contribution is 6.29. The molecule has 26 heavy (non-hydrogen) atoms. The Bertz CT molecular complexity index is 735. The summed E-state index contributed by atoms with van der Waals surface area (Å²) in [5.74, 6) is -0.238. The molecular weight excluding hydrogens is 356 g/mol. The van der Waals surface area contributed by atoms with E-state index < -0.39 is 12.1 Å².